The van der Waals surface area contributed by atoms with Gasteiger partial charge in [-0.3, -0.25) is 0 Å². The zero-order chi connectivity index (χ0) is 31.3. The van der Waals surface area contributed by atoms with Crippen LogP contribution in [0.1, 0.15) is 74.7 Å². The molecule has 3 rings (SSSR count). The molecule has 2 aromatic carbocycles. The van der Waals surface area contributed by atoms with E-state index < -0.39 is 16.6 Å². The highest BCUT2D eigenvalue weighted by atomic mass is 28.4. The Kier molecular flexibility index (Phi) is 11.5. The van der Waals surface area contributed by atoms with Crippen molar-refractivity contribution >= 4 is 27.0 Å². The van der Waals surface area contributed by atoms with Crippen LogP contribution in [0.3, 0.4) is 0 Å². The first-order valence-electron chi connectivity index (χ1n) is 15.9. The number of hydrogen-bond acceptors (Lipinski definition) is 3. The molecule has 232 valence electrons. The fourth-order valence-corrected chi connectivity index (χ4v) is 12.4. The lowest BCUT2D eigenvalue weighted by Gasteiger charge is -2.48. The lowest BCUT2D eigenvalue weighted by Crippen LogP contribution is -2.68. The molecule has 0 aliphatic heterocycles. The Hall–Kier alpha value is -1.77. The van der Waals surface area contributed by atoms with Gasteiger partial charge in [-0.25, -0.2) is 0 Å². The van der Waals surface area contributed by atoms with Crippen LogP contribution in [0.15, 0.2) is 85.0 Å². The first kappa shape index (κ1) is 34.7. The van der Waals surface area contributed by atoms with Crippen molar-refractivity contribution in [1.82, 2.24) is 0 Å². The van der Waals surface area contributed by atoms with Gasteiger partial charge in [0.25, 0.3) is 8.32 Å². The highest BCUT2D eigenvalue weighted by molar-refractivity contribution is 6.99. The number of hydrogen-bond donors (Lipinski definition) is 0. The first-order valence-corrected chi connectivity index (χ1v) is 20.7. The van der Waals surface area contributed by atoms with Crippen molar-refractivity contribution in [2.45, 2.75) is 116 Å². The number of benzene rings is 2. The minimum Gasteiger partial charge on any atom is -0.410 e. The van der Waals surface area contributed by atoms with Crippen LogP contribution in [0.5, 0.6) is 0 Å². The average molecular weight is 607 g/mol. The minimum atomic E-state index is -2.65. The maximum atomic E-state index is 7.54. The summed E-state index contributed by atoms with van der Waals surface area (Å²) in [5.74, 6) is 0.680. The van der Waals surface area contributed by atoms with Gasteiger partial charge in [0.2, 0.25) is 0 Å². The number of allylic oxidation sites excluding steroid dienone is 1. The predicted molar refractivity (Wildman–Crippen MR) is 186 cm³/mol. The van der Waals surface area contributed by atoms with Gasteiger partial charge in [-0.1, -0.05) is 121 Å². The summed E-state index contributed by atoms with van der Waals surface area (Å²) >= 11 is 0. The lowest BCUT2D eigenvalue weighted by atomic mass is 9.83. The average Bonchev–Trinajstić information content (AvgIpc) is 2.94. The van der Waals surface area contributed by atoms with Crippen LogP contribution in [0.4, 0.5) is 0 Å². The third-order valence-corrected chi connectivity index (χ3v) is 19.4. The van der Waals surface area contributed by atoms with Crippen LogP contribution in [-0.2, 0) is 13.6 Å². The van der Waals surface area contributed by atoms with Crippen molar-refractivity contribution in [1.29, 1.82) is 0 Å². The van der Waals surface area contributed by atoms with Crippen LogP contribution in [0, 0.1) is 11.8 Å². The molecule has 5 atom stereocenters. The molecule has 0 amide bonds. The molecule has 2 aromatic rings. The first-order chi connectivity index (χ1) is 19.6. The second kappa shape index (κ2) is 13.9. The van der Waals surface area contributed by atoms with E-state index in [1.165, 1.54) is 15.9 Å². The van der Waals surface area contributed by atoms with E-state index in [1.807, 2.05) is 13.2 Å². The van der Waals surface area contributed by atoms with Crippen molar-refractivity contribution < 1.29 is 13.6 Å². The molecule has 3 nitrogen and oxygen atoms in total. The third-order valence-electron chi connectivity index (χ3n) is 9.84. The molecule has 0 bridgehead atoms. The summed E-state index contributed by atoms with van der Waals surface area (Å²) < 4.78 is 20.8. The summed E-state index contributed by atoms with van der Waals surface area (Å²) in [7, 11) is -2.74. The fraction of sp³-hybridized carbons (Fsp3) is 0.568. The fourth-order valence-electron chi connectivity index (χ4n) is 6.28. The van der Waals surface area contributed by atoms with Crippen LogP contribution < -0.4 is 10.4 Å². The Labute approximate surface area is 260 Å². The van der Waals surface area contributed by atoms with Crippen LogP contribution >= 0.6 is 0 Å². The summed E-state index contributed by atoms with van der Waals surface area (Å²) in [4.78, 5) is 0. The molecule has 5 heteroatoms. The molecule has 0 heterocycles. The van der Waals surface area contributed by atoms with Gasteiger partial charge in [-0.2, -0.15) is 0 Å². The largest absolute Gasteiger partial charge is 0.410 e. The van der Waals surface area contributed by atoms with Gasteiger partial charge in [0.1, 0.15) is 0 Å². The van der Waals surface area contributed by atoms with E-state index in [0.29, 0.717) is 5.92 Å². The van der Waals surface area contributed by atoms with Crippen molar-refractivity contribution in [3.05, 3.63) is 85.0 Å². The van der Waals surface area contributed by atoms with Crippen molar-refractivity contribution in [2.24, 2.45) is 11.8 Å². The molecule has 0 spiro atoms. The minimum absolute atomic E-state index is 0.0334. The van der Waals surface area contributed by atoms with Gasteiger partial charge in [-0.15, -0.1) is 6.58 Å². The van der Waals surface area contributed by atoms with E-state index in [4.69, 9.17) is 13.6 Å². The highest BCUT2D eigenvalue weighted by Crippen LogP contribution is 2.42. The smallest absolute Gasteiger partial charge is 0.261 e. The normalized spacial score (nSPS) is 22.5. The molecule has 42 heavy (non-hydrogen) atoms. The molecular formula is C37H58O3Si2. The quantitative estimate of drug-likeness (QED) is 0.189. The molecule has 0 aromatic heterocycles. The van der Waals surface area contributed by atoms with Crippen LogP contribution in [-0.4, -0.2) is 42.1 Å². The second-order valence-electron chi connectivity index (χ2n) is 15.0. The standard InChI is InChI=1S/C37H58O3Si2/c1-13-28(2)35(40-41(11,12)36(4,5)6)29(3)26-30-24-25-33(34(27-30)38-10)39-42(37(7,8)9,31-20-16-14-17-21-31)32-22-18-15-19-23-32/h13-23,26,28,30,33-35H,1,24-25,27H2,2-12H3/b29-26+/t28-,30+,33-,34-,35+/m1/s1. The van der Waals surface area contributed by atoms with E-state index in [2.05, 4.69) is 142 Å². The van der Waals surface area contributed by atoms with Gasteiger partial charge in [0.15, 0.2) is 8.32 Å². The topological polar surface area (TPSA) is 27.7 Å². The van der Waals surface area contributed by atoms with Crippen molar-refractivity contribution in [2.75, 3.05) is 7.11 Å². The van der Waals surface area contributed by atoms with Crippen LogP contribution in [0.2, 0.25) is 23.2 Å². The Morgan fingerprint density at radius 2 is 1.38 bits per heavy atom. The predicted octanol–water partition coefficient (Wildman–Crippen LogP) is 8.91. The third kappa shape index (κ3) is 7.65. The van der Waals surface area contributed by atoms with E-state index in [0.717, 1.165) is 19.3 Å². The zero-order valence-corrected chi connectivity index (χ0v) is 30.4. The molecule has 1 fully saturated rings. The van der Waals surface area contributed by atoms with E-state index in [-0.39, 0.29) is 34.3 Å². The summed E-state index contributed by atoms with van der Waals surface area (Å²) in [5.41, 5.74) is 1.32. The van der Waals surface area contributed by atoms with Gasteiger partial charge >= 0.3 is 0 Å². The Bertz CT molecular complexity index is 1120. The van der Waals surface area contributed by atoms with Gasteiger partial charge in [0, 0.05) is 13.0 Å². The number of methoxy groups -OCH3 is 1. The zero-order valence-electron chi connectivity index (χ0n) is 28.4. The molecule has 1 aliphatic carbocycles. The molecule has 0 unspecified atom stereocenters. The monoisotopic (exact) mass is 606 g/mol. The Morgan fingerprint density at radius 1 is 0.857 bits per heavy atom. The van der Waals surface area contributed by atoms with Gasteiger partial charge in [-0.05, 0) is 71.2 Å². The van der Waals surface area contributed by atoms with Gasteiger partial charge in [0.05, 0.1) is 18.3 Å². The summed E-state index contributed by atoms with van der Waals surface area (Å²) in [5, 5.41) is 2.74. The van der Waals surface area contributed by atoms with E-state index in [9.17, 15) is 0 Å². The maximum Gasteiger partial charge on any atom is 0.261 e. The Balaban J connectivity index is 1.92. The molecule has 0 radical (unpaired) electrons. The van der Waals surface area contributed by atoms with Gasteiger partial charge < -0.3 is 13.6 Å². The molecular weight excluding hydrogens is 549 g/mol. The van der Waals surface area contributed by atoms with Crippen molar-refractivity contribution in [3.63, 3.8) is 0 Å². The molecule has 1 saturated carbocycles. The van der Waals surface area contributed by atoms with Crippen molar-refractivity contribution in [3.8, 4) is 0 Å². The van der Waals surface area contributed by atoms with E-state index >= 15 is 0 Å². The summed E-state index contributed by atoms with van der Waals surface area (Å²) in [6.07, 6.45) is 7.65. The van der Waals surface area contributed by atoms with Crippen LogP contribution in [0.25, 0.3) is 0 Å². The molecule has 0 N–H and O–H groups in total. The van der Waals surface area contributed by atoms with E-state index in [1.54, 1.807) is 0 Å². The number of rotatable bonds is 11. The lowest BCUT2D eigenvalue weighted by molar-refractivity contribution is -0.0368. The summed E-state index contributed by atoms with van der Waals surface area (Å²) in [6.45, 7) is 27.3. The Morgan fingerprint density at radius 3 is 1.81 bits per heavy atom. The second-order valence-corrected chi connectivity index (χ2v) is 24.0. The number of ether oxygens (including phenoxy) is 1. The molecule has 1 aliphatic rings. The highest BCUT2D eigenvalue weighted by Gasteiger charge is 2.52. The maximum absolute atomic E-state index is 7.54. The SMILES string of the molecule is C=C[C@@H](C)[C@H](O[Si](C)(C)C(C)(C)C)/C(C)=C/[C@@H]1CC[C@@H](O[Si](c2ccccc2)(c2ccccc2)C(C)(C)C)[C@H](OC)C1. The summed E-state index contributed by atoms with van der Waals surface area (Å²) in [6, 6.07) is 21.9. The molecule has 0 saturated heterocycles.